The van der Waals surface area contributed by atoms with E-state index in [-0.39, 0.29) is 30.1 Å². The topological polar surface area (TPSA) is 66.4 Å². The summed E-state index contributed by atoms with van der Waals surface area (Å²) in [5, 5.41) is 11.5. The number of nitrogens with one attached hydrogen (secondary N) is 1. The Balaban J connectivity index is 2.56. The molecular weight excluding hydrogens is 254 g/mol. The lowest BCUT2D eigenvalue weighted by molar-refractivity contribution is -0.138. The van der Waals surface area contributed by atoms with E-state index < -0.39 is 5.97 Å². The first kappa shape index (κ1) is 16.2. The molecule has 1 aromatic rings. The fraction of sp³-hybridized carbons (Fsp3) is 0.500. The van der Waals surface area contributed by atoms with Crippen molar-refractivity contribution in [2.45, 2.75) is 46.0 Å². The van der Waals surface area contributed by atoms with Crippen molar-refractivity contribution in [3.63, 3.8) is 0 Å². The van der Waals surface area contributed by atoms with E-state index in [1.54, 1.807) is 6.92 Å². The quantitative estimate of drug-likeness (QED) is 0.866. The van der Waals surface area contributed by atoms with E-state index >= 15 is 0 Å². The van der Waals surface area contributed by atoms with Gasteiger partial charge in [-0.15, -0.1) is 0 Å². The predicted octanol–water partition coefficient (Wildman–Crippen LogP) is 3.42. The molecule has 1 rings (SSSR count). The summed E-state index contributed by atoms with van der Waals surface area (Å²) in [6.07, 6.45) is 0.226. The number of benzene rings is 1. The molecule has 0 aromatic heterocycles. The third-order valence-corrected chi connectivity index (χ3v) is 3.09. The molecule has 0 fully saturated rings. The van der Waals surface area contributed by atoms with Crippen LogP contribution in [-0.4, -0.2) is 17.0 Å². The van der Waals surface area contributed by atoms with Gasteiger partial charge in [0.05, 0.1) is 0 Å². The van der Waals surface area contributed by atoms with Crippen molar-refractivity contribution in [2.75, 3.05) is 5.32 Å². The number of carbonyl (C=O) groups is 2. The van der Waals surface area contributed by atoms with E-state index in [0.29, 0.717) is 0 Å². The van der Waals surface area contributed by atoms with Crippen molar-refractivity contribution >= 4 is 17.6 Å². The van der Waals surface area contributed by atoms with Crippen molar-refractivity contribution in [1.29, 1.82) is 0 Å². The van der Waals surface area contributed by atoms with Gasteiger partial charge in [-0.25, -0.2) is 0 Å². The number of carbonyl (C=O) groups excluding carboxylic acids is 1. The number of amides is 1. The Hall–Kier alpha value is -1.84. The zero-order valence-electron chi connectivity index (χ0n) is 12.6. The number of rotatable bonds is 5. The fourth-order valence-corrected chi connectivity index (χ4v) is 1.95. The molecule has 110 valence electrons. The van der Waals surface area contributed by atoms with Crippen LogP contribution in [0.5, 0.6) is 0 Å². The maximum Gasteiger partial charge on any atom is 0.303 e. The van der Waals surface area contributed by atoms with Crippen molar-refractivity contribution in [2.24, 2.45) is 5.92 Å². The summed E-state index contributed by atoms with van der Waals surface area (Å²) < 4.78 is 0. The van der Waals surface area contributed by atoms with Gasteiger partial charge in [0.1, 0.15) is 0 Å². The highest BCUT2D eigenvalue weighted by molar-refractivity contribution is 5.91. The Morgan fingerprint density at radius 1 is 1.15 bits per heavy atom. The van der Waals surface area contributed by atoms with Gasteiger partial charge in [-0.05, 0) is 29.0 Å². The van der Waals surface area contributed by atoms with E-state index in [0.717, 1.165) is 5.69 Å². The first-order chi connectivity index (χ1) is 9.18. The van der Waals surface area contributed by atoms with Crippen molar-refractivity contribution in [1.82, 2.24) is 0 Å². The monoisotopic (exact) mass is 277 g/mol. The molecule has 2 N–H and O–H groups in total. The predicted molar refractivity (Wildman–Crippen MR) is 79.8 cm³/mol. The summed E-state index contributed by atoms with van der Waals surface area (Å²) in [7, 11) is 0. The van der Waals surface area contributed by atoms with Gasteiger partial charge in [0.25, 0.3) is 0 Å². The molecule has 1 atom stereocenters. The maximum absolute atomic E-state index is 11.8. The number of carboxylic acids is 1. The number of anilines is 1. The van der Waals surface area contributed by atoms with Crippen LogP contribution in [0.4, 0.5) is 5.69 Å². The molecule has 0 aliphatic rings. The van der Waals surface area contributed by atoms with Crippen LogP contribution in [-0.2, 0) is 15.0 Å². The zero-order valence-corrected chi connectivity index (χ0v) is 12.6. The minimum absolute atomic E-state index is 0.0103. The van der Waals surface area contributed by atoms with E-state index in [2.05, 4.69) is 26.1 Å². The minimum atomic E-state index is -0.875. The molecule has 20 heavy (non-hydrogen) atoms. The van der Waals surface area contributed by atoms with Crippen LogP contribution in [0.15, 0.2) is 24.3 Å². The second kappa shape index (κ2) is 6.55. The second-order valence-corrected chi connectivity index (χ2v) is 6.28. The summed E-state index contributed by atoms with van der Waals surface area (Å²) in [6, 6.07) is 7.74. The molecule has 0 heterocycles. The lowest BCUT2D eigenvalue weighted by Crippen LogP contribution is -2.17. The van der Waals surface area contributed by atoms with Crippen molar-refractivity contribution in [3.8, 4) is 0 Å². The molecule has 0 radical (unpaired) electrons. The molecule has 0 saturated heterocycles. The highest BCUT2D eigenvalue weighted by Gasteiger charge is 2.14. The van der Waals surface area contributed by atoms with Crippen LogP contribution >= 0.6 is 0 Å². The Kier molecular flexibility index (Phi) is 5.31. The van der Waals surface area contributed by atoms with Crippen LogP contribution in [0.3, 0.4) is 0 Å². The summed E-state index contributed by atoms with van der Waals surface area (Å²) in [5.74, 6) is -1.19. The molecule has 4 heteroatoms. The third kappa shape index (κ3) is 5.43. The molecule has 0 spiro atoms. The lowest BCUT2D eigenvalue weighted by atomic mass is 9.87. The number of carboxylic acid groups (broad SMARTS) is 1. The van der Waals surface area contributed by atoms with Gasteiger partial charge in [-0.3, -0.25) is 9.59 Å². The molecule has 0 aliphatic carbocycles. The molecular formula is C16H23NO3. The Morgan fingerprint density at radius 2 is 1.70 bits per heavy atom. The van der Waals surface area contributed by atoms with Gasteiger partial charge in [-0.2, -0.15) is 0 Å². The molecule has 0 bridgehead atoms. The average Bonchev–Trinajstić information content (AvgIpc) is 2.26. The highest BCUT2D eigenvalue weighted by Crippen LogP contribution is 2.23. The summed E-state index contributed by atoms with van der Waals surface area (Å²) in [5.41, 5.74) is 2.03. The van der Waals surface area contributed by atoms with Gasteiger partial charge in [-0.1, -0.05) is 39.8 Å². The average molecular weight is 277 g/mol. The van der Waals surface area contributed by atoms with Gasteiger partial charge < -0.3 is 10.4 Å². The molecule has 1 unspecified atom stereocenters. The summed E-state index contributed by atoms with van der Waals surface area (Å²) in [6.45, 7) is 8.16. The first-order valence-corrected chi connectivity index (χ1v) is 6.80. The smallest absolute Gasteiger partial charge is 0.303 e. The van der Waals surface area contributed by atoms with E-state index in [9.17, 15) is 9.59 Å². The van der Waals surface area contributed by atoms with Gasteiger partial charge in [0, 0.05) is 18.5 Å². The molecule has 0 aliphatic heterocycles. The molecule has 1 aromatic carbocycles. The normalized spacial score (nSPS) is 12.8. The van der Waals surface area contributed by atoms with Gasteiger partial charge in [0.2, 0.25) is 5.91 Å². The standard InChI is InChI=1S/C16H23NO3/c1-11(10-15(19)20)9-14(18)17-13-7-5-12(6-8-13)16(2,3)4/h5-8,11H,9-10H2,1-4H3,(H,17,18)(H,19,20). The Labute approximate surface area is 120 Å². The third-order valence-electron chi connectivity index (χ3n) is 3.09. The van der Waals surface area contributed by atoms with Crippen LogP contribution < -0.4 is 5.32 Å². The van der Waals surface area contributed by atoms with Crippen molar-refractivity contribution in [3.05, 3.63) is 29.8 Å². The highest BCUT2D eigenvalue weighted by atomic mass is 16.4. The van der Waals surface area contributed by atoms with E-state index in [1.165, 1.54) is 5.56 Å². The fourth-order valence-electron chi connectivity index (χ4n) is 1.95. The second-order valence-electron chi connectivity index (χ2n) is 6.28. The van der Waals surface area contributed by atoms with E-state index in [4.69, 9.17) is 5.11 Å². The molecule has 1 amide bonds. The van der Waals surface area contributed by atoms with E-state index in [1.807, 2.05) is 24.3 Å². The van der Waals surface area contributed by atoms with Crippen LogP contribution in [0.1, 0.15) is 46.1 Å². The van der Waals surface area contributed by atoms with Gasteiger partial charge in [0.15, 0.2) is 0 Å². The van der Waals surface area contributed by atoms with Crippen LogP contribution in [0.2, 0.25) is 0 Å². The lowest BCUT2D eigenvalue weighted by Gasteiger charge is -2.19. The first-order valence-electron chi connectivity index (χ1n) is 6.80. The number of hydrogen-bond acceptors (Lipinski definition) is 2. The number of hydrogen-bond donors (Lipinski definition) is 2. The zero-order chi connectivity index (χ0) is 15.3. The minimum Gasteiger partial charge on any atom is -0.481 e. The SMILES string of the molecule is CC(CC(=O)O)CC(=O)Nc1ccc(C(C)(C)C)cc1. The Bertz CT molecular complexity index is 471. The Morgan fingerprint density at radius 3 is 2.15 bits per heavy atom. The largest absolute Gasteiger partial charge is 0.481 e. The van der Waals surface area contributed by atoms with Crippen LogP contribution in [0, 0.1) is 5.92 Å². The molecule has 0 saturated carbocycles. The molecule has 4 nitrogen and oxygen atoms in total. The van der Waals surface area contributed by atoms with Gasteiger partial charge >= 0.3 is 5.97 Å². The van der Waals surface area contributed by atoms with Crippen molar-refractivity contribution < 1.29 is 14.7 Å². The maximum atomic E-state index is 11.8. The summed E-state index contributed by atoms with van der Waals surface area (Å²) in [4.78, 5) is 22.3. The van der Waals surface area contributed by atoms with Crippen LogP contribution in [0.25, 0.3) is 0 Å². The summed E-state index contributed by atoms with van der Waals surface area (Å²) >= 11 is 0. The number of aliphatic carboxylic acids is 1.